The highest BCUT2D eigenvalue weighted by molar-refractivity contribution is 9.10. The normalized spacial score (nSPS) is 9.88. The SMILES string of the molecule is NNc1cc(Nc2ccc(Br)cc2)ncn1. The highest BCUT2D eigenvalue weighted by atomic mass is 79.9. The second kappa shape index (κ2) is 4.91. The second-order valence-electron chi connectivity index (χ2n) is 3.06. The summed E-state index contributed by atoms with van der Waals surface area (Å²) in [5.74, 6) is 6.51. The Hall–Kier alpha value is -1.66. The van der Waals surface area contributed by atoms with E-state index in [0.29, 0.717) is 11.6 Å². The zero-order valence-corrected chi connectivity index (χ0v) is 9.90. The molecule has 1 aromatic heterocycles. The predicted octanol–water partition coefficient (Wildman–Crippen LogP) is 2.27. The number of benzene rings is 1. The van der Waals surface area contributed by atoms with Crippen molar-refractivity contribution in [3.05, 3.63) is 41.1 Å². The van der Waals surface area contributed by atoms with Gasteiger partial charge >= 0.3 is 0 Å². The molecule has 2 aromatic rings. The van der Waals surface area contributed by atoms with Gasteiger partial charge in [-0.25, -0.2) is 15.8 Å². The zero-order valence-electron chi connectivity index (χ0n) is 8.31. The third-order valence-electron chi connectivity index (χ3n) is 1.93. The lowest BCUT2D eigenvalue weighted by Gasteiger charge is -2.06. The largest absolute Gasteiger partial charge is 0.340 e. The van der Waals surface area contributed by atoms with Gasteiger partial charge in [0.25, 0.3) is 0 Å². The van der Waals surface area contributed by atoms with Crippen LogP contribution in [0.15, 0.2) is 41.1 Å². The van der Waals surface area contributed by atoms with E-state index in [-0.39, 0.29) is 0 Å². The highest BCUT2D eigenvalue weighted by Gasteiger charge is 1.98. The molecule has 1 aromatic carbocycles. The molecular weight excluding hydrogens is 270 g/mol. The first-order valence-corrected chi connectivity index (χ1v) is 5.38. The summed E-state index contributed by atoms with van der Waals surface area (Å²) in [4.78, 5) is 7.99. The lowest BCUT2D eigenvalue weighted by molar-refractivity contribution is 1.14. The Morgan fingerprint density at radius 3 is 2.44 bits per heavy atom. The maximum absolute atomic E-state index is 5.26. The molecule has 0 fully saturated rings. The summed E-state index contributed by atoms with van der Waals surface area (Å²) in [5, 5.41) is 3.14. The van der Waals surface area contributed by atoms with Crippen molar-refractivity contribution in [2.24, 2.45) is 5.84 Å². The number of nitrogens with one attached hydrogen (secondary N) is 2. The molecule has 2 rings (SSSR count). The number of halogens is 1. The third kappa shape index (κ3) is 2.68. The molecular formula is C10H10BrN5. The number of anilines is 3. The number of nitrogens with zero attached hydrogens (tertiary/aromatic N) is 2. The van der Waals surface area contributed by atoms with E-state index in [2.05, 4.69) is 36.6 Å². The molecule has 0 spiro atoms. The summed E-state index contributed by atoms with van der Waals surface area (Å²) in [6.07, 6.45) is 1.44. The summed E-state index contributed by atoms with van der Waals surface area (Å²) in [6.45, 7) is 0. The Kier molecular flexibility index (Phi) is 3.33. The minimum Gasteiger partial charge on any atom is -0.340 e. The molecule has 1 heterocycles. The first kappa shape index (κ1) is 10.8. The van der Waals surface area contributed by atoms with E-state index < -0.39 is 0 Å². The Labute approximate surface area is 101 Å². The van der Waals surface area contributed by atoms with Crippen molar-refractivity contribution in [2.75, 3.05) is 10.7 Å². The van der Waals surface area contributed by atoms with E-state index in [1.807, 2.05) is 24.3 Å². The van der Waals surface area contributed by atoms with Gasteiger partial charge in [-0.05, 0) is 24.3 Å². The van der Waals surface area contributed by atoms with Gasteiger partial charge in [0.1, 0.15) is 18.0 Å². The van der Waals surface area contributed by atoms with E-state index in [1.54, 1.807) is 6.07 Å². The lowest BCUT2D eigenvalue weighted by Crippen LogP contribution is -2.09. The first-order valence-electron chi connectivity index (χ1n) is 4.59. The molecule has 5 nitrogen and oxygen atoms in total. The fourth-order valence-electron chi connectivity index (χ4n) is 1.19. The van der Waals surface area contributed by atoms with E-state index in [9.17, 15) is 0 Å². The van der Waals surface area contributed by atoms with Crippen LogP contribution in [-0.4, -0.2) is 9.97 Å². The van der Waals surface area contributed by atoms with Gasteiger partial charge in [0.2, 0.25) is 0 Å². The molecule has 0 unspecified atom stereocenters. The maximum Gasteiger partial charge on any atom is 0.145 e. The van der Waals surface area contributed by atoms with Crippen molar-refractivity contribution >= 4 is 33.3 Å². The van der Waals surface area contributed by atoms with E-state index in [1.165, 1.54) is 6.33 Å². The number of hydrogen-bond acceptors (Lipinski definition) is 5. The van der Waals surface area contributed by atoms with E-state index in [4.69, 9.17) is 5.84 Å². The predicted molar refractivity (Wildman–Crippen MR) is 67.3 cm³/mol. The van der Waals surface area contributed by atoms with Gasteiger partial charge in [-0.3, -0.25) is 0 Å². The Morgan fingerprint density at radius 2 is 1.75 bits per heavy atom. The van der Waals surface area contributed by atoms with Crippen LogP contribution < -0.4 is 16.6 Å². The average molecular weight is 280 g/mol. The Balaban J connectivity index is 2.16. The fourth-order valence-corrected chi connectivity index (χ4v) is 1.45. The smallest absolute Gasteiger partial charge is 0.145 e. The van der Waals surface area contributed by atoms with Crippen LogP contribution in [-0.2, 0) is 0 Å². The quantitative estimate of drug-likeness (QED) is 0.594. The summed E-state index contributed by atoms with van der Waals surface area (Å²) < 4.78 is 1.03. The molecule has 82 valence electrons. The molecule has 16 heavy (non-hydrogen) atoms. The zero-order chi connectivity index (χ0) is 11.4. The number of nitrogen functional groups attached to an aromatic ring is 1. The maximum atomic E-state index is 5.26. The van der Waals surface area contributed by atoms with Crippen molar-refractivity contribution in [1.82, 2.24) is 9.97 Å². The summed E-state index contributed by atoms with van der Waals surface area (Å²) in [5.41, 5.74) is 3.41. The number of hydrogen-bond donors (Lipinski definition) is 3. The van der Waals surface area contributed by atoms with Crippen LogP contribution in [0, 0.1) is 0 Å². The van der Waals surface area contributed by atoms with Gasteiger partial charge in [0.15, 0.2) is 0 Å². The minimum atomic E-state index is 0.564. The van der Waals surface area contributed by atoms with Gasteiger partial charge in [0.05, 0.1) is 0 Å². The molecule has 0 aliphatic heterocycles. The number of nitrogens with two attached hydrogens (primary N) is 1. The summed E-state index contributed by atoms with van der Waals surface area (Å²) in [6, 6.07) is 9.52. The van der Waals surface area contributed by atoms with E-state index >= 15 is 0 Å². The Morgan fingerprint density at radius 1 is 1.06 bits per heavy atom. The van der Waals surface area contributed by atoms with Gasteiger partial charge in [-0.15, -0.1) is 0 Å². The first-order chi connectivity index (χ1) is 7.78. The molecule has 6 heteroatoms. The van der Waals surface area contributed by atoms with Crippen LogP contribution in [0.2, 0.25) is 0 Å². The van der Waals surface area contributed by atoms with Crippen LogP contribution >= 0.6 is 15.9 Å². The fraction of sp³-hybridized carbons (Fsp3) is 0. The Bertz CT molecular complexity index is 471. The van der Waals surface area contributed by atoms with Gasteiger partial charge in [-0.2, -0.15) is 0 Å². The number of hydrazine groups is 1. The summed E-state index contributed by atoms with van der Waals surface area (Å²) >= 11 is 3.37. The van der Waals surface area contributed by atoms with Crippen LogP contribution in [0.25, 0.3) is 0 Å². The number of rotatable bonds is 3. The molecule has 0 radical (unpaired) electrons. The molecule has 0 bridgehead atoms. The van der Waals surface area contributed by atoms with Gasteiger partial charge in [0, 0.05) is 16.2 Å². The standard InChI is InChI=1S/C10H10BrN5/c11-7-1-3-8(4-2-7)15-9-5-10(16-12)14-6-13-9/h1-6H,12H2,(H2,13,14,15,16). The number of aromatic nitrogens is 2. The molecule has 4 N–H and O–H groups in total. The van der Waals surface area contributed by atoms with Crippen LogP contribution in [0.3, 0.4) is 0 Å². The van der Waals surface area contributed by atoms with Crippen molar-refractivity contribution in [2.45, 2.75) is 0 Å². The highest BCUT2D eigenvalue weighted by Crippen LogP contribution is 2.18. The minimum absolute atomic E-state index is 0.564. The molecule has 0 saturated heterocycles. The van der Waals surface area contributed by atoms with E-state index in [0.717, 1.165) is 10.2 Å². The molecule has 0 saturated carbocycles. The topological polar surface area (TPSA) is 75.9 Å². The van der Waals surface area contributed by atoms with Crippen molar-refractivity contribution in [1.29, 1.82) is 0 Å². The van der Waals surface area contributed by atoms with Crippen molar-refractivity contribution < 1.29 is 0 Å². The summed E-state index contributed by atoms with van der Waals surface area (Å²) in [7, 11) is 0. The molecule has 0 aliphatic rings. The average Bonchev–Trinajstić information content (AvgIpc) is 2.32. The van der Waals surface area contributed by atoms with Crippen LogP contribution in [0.4, 0.5) is 17.3 Å². The monoisotopic (exact) mass is 279 g/mol. The van der Waals surface area contributed by atoms with Crippen molar-refractivity contribution in [3.63, 3.8) is 0 Å². The third-order valence-corrected chi connectivity index (χ3v) is 2.46. The van der Waals surface area contributed by atoms with Crippen molar-refractivity contribution in [3.8, 4) is 0 Å². The second-order valence-corrected chi connectivity index (χ2v) is 3.98. The molecule has 0 amide bonds. The molecule has 0 aliphatic carbocycles. The molecule has 0 atom stereocenters. The van der Waals surface area contributed by atoms with Crippen LogP contribution in [0.1, 0.15) is 0 Å². The lowest BCUT2D eigenvalue weighted by atomic mass is 10.3. The van der Waals surface area contributed by atoms with Crippen LogP contribution in [0.5, 0.6) is 0 Å². The van der Waals surface area contributed by atoms with Gasteiger partial charge in [-0.1, -0.05) is 15.9 Å². The van der Waals surface area contributed by atoms with Gasteiger partial charge < -0.3 is 10.7 Å².